The zero-order valence-electron chi connectivity index (χ0n) is 10.0. The Hall–Kier alpha value is -1.86. The van der Waals surface area contributed by atoms with Crippen LogP contribution < -0.4 is 5.73 Å². The number of aromatic nitrogens is 2. The molecule has 0 aromatic carbocycles. The first-order valence-corrected chi connectivity index (χ1v) is 5.81. The normalized spacial score (nSPS) is 17.5. The highest BCUT2D eigenvalue weighted by atomic mass is 19.4. The highest BCUT2D eigenvalue weighted by molar-refractivity contribution is 5.92. The van der Waals surface area contributed by atoms with E-state index in [1.807, 2.05) is 0 Å². The maximum Gasteiger partial charge on any atom is 0.391 e. The van der Waals surface area contributed by atoms with Gasteiger partial charge >= 0.3 is 6.18 Å². The van der Waals surface area contributed by atoms with Crippen molar-refractivity contribution in [3.05, 3.63) is 18.1 Å². The molecule has 1 amide bonds. The molecule has 5 nitrogen and oxygen atoms in total. The molecule has 2 N–H and O–H groups in total. The average molecular weight is 274 g/mol. The summed E-state index contributed by atoms with van der Waals surface area (Å²) >= 11 is 0. The minimum atomic E-state index is -4.19. The molecule has 8 heteroatoms. The predicted molar refractivity (Wildman–Crippen MR) is 61.1 cm³/mol. The van der Waals surface area contributed by atoms with E-state index in [1.165, 1.54) is 17.3 Å². The fraction of sp³-hybridized carbons (Fsp3) is 0.545. The molecule has 0 saturated carbocycles. The van der Waals surface area contributed by atoms with E-state index in [0.29, 0.717) is 0 Å². The van der Waals surface area contributed by atoms with Crippen molar-refractivity contribution in [2.24, 2.45) is 5.92 Å². The lowest BCUT2D eigenvalue weighted by Gasteiger charge is -2.32. The van der Waals surface area contributed by atoms with Crippen LogP contribution in [0.1, 0.15) is 23.3 Å². The number of piperidine rings is 1. The van der Waals surface area contributed by atoms with Gasteiger partial charge in [0.15, 0.2) is 0 Å². The Labute approximate surface area is 107 Å². The molecule has 0 radical (unpaired) electrons. The van der Waals surface area contributed by atoms with Crippen LogP contribution in [-0.4, -0.2) is 40.0 Å². The maximum atomic E-state index is 12.5. The summed E-state index contributed by atoms with van der Waals surface area (Å²) in [6.45, 7) is 0.138. The highest BCUT2D eigenvalue weighted by Crippen LogP contribution is 2.34. The summed E-state index contributed by atoms with van der Waals surface area (Å²) in [6.07, 6.45) is -1.79. The molecule has 104 valence electrons. The fourth-order valence-electron chi connectivity index (χ4n) is 2.06. The lowest BCUT2D eigenvalue weighted by atomic mass is 9.96. The SMILES string of the molecule is Nc1cncc(C(=O)N2CCC(C(F)(F)F)CC2)n1. The maximum absolute atomic E-state index is 12.5. The van der Waals surface area contributed by atoms with Crippen molar-refractivity contribution in [1.82, 2.24) is 14.9 Å². The molecular weight excluding hydrogens is 261 g/mol. The number of amides is 1. The molecule has 2 rings (SSSR count). The van der Waals surface area contributed by atoms with Crippen molar-refractivity contribution in [2.75, 3.05) is 18.8 Å². The second kappa shape index (κ2) is 5.02. The minimum Gasteiger partial charge on any atom is -0.382 e. The number of anilines is 1. The molecular formula is C11H13F3N4O. The van der Waals surface area contributed by atoms with E-state index in [-0.39, 0.29) is 37.4 Å². The van der Waals surface area contributed by atoms with Crippen LogP contribution in [0.15, 0.2) is 12.4 Å². The van der Waals surface area contributed by atoms with Crippen molar-refractivity contribution < 1.29 is 18.0 Å². The minimum absolute atomic E-state index is 0.0606. The Morgan fingerprint density at radius 1 is 1.32 bits per heavy atom. The second-order valence-corrected chi connectivity index (χ2v) is 4.44. The molecule has 0 unspecified atom stereocenters. The second-order valence-electron chi connectivity index (χ2n) is 4.44. The van der Waals surface area contributed by atoms with Gasteiger partial charge in [0, 0.05) is 13.1 Å². The van der Waals surface area contributed by atoms with Gasteiger partial charge in [-0.05, 0) is 12.8 Å². The first kappa shape index (κ1) is 13.6. The van der Waals surface area contributed by atoms with Crippen molar-refractivity contribution >= 4 is 11.7 Å². The number of carbonyl (C=O) groups excluding carboxylic acids is 1. The summed E-state index contributed by atoms with van der Waals surface area (Å²) in [5.74, 6) is -1.65. The van der Waals surface area contributed by atoms with Gasteiger partial charge in [0.1, 0.15) is 11.5 Å². The van der Waals surface area contributed by atoms with Crippen molar-refractivity contribution in [2.45, 2.75) is 19.0 Å². The van der Waals surface area contributed by atoms with Gasteiger partial charge in [-0.1, -0.05) is 0 Å². The number of hydrogen-bond acceptors (Lipinski definition) is 4. The van der Waals surface area contributed by atoms with Crippen LogP contribution in [0.2, 0.25) is 0 Å². The molecule has 1 aromatic rings. The topological polar surface area (TPSA) is 72.1 Å². The van der Waals surface area contributed by atoms with E-state index in [4.69, 9.17) is 5.73 Å². The summed E-state index contributed by atoms with van der Waals surface area (Å²) in [5, 5.41) is 0. The first-order valence-electron chi connectivity index (χ1n) is 5.81. The molecule has 1 aromatic heterocycles. The van der Waals surface area contributed by atoms with Gasteiger partial charge in [-0.2, -0.15) is 13.2 Å². The van der Waals surface area contributed by atoms with E-state index in [2.05, 4.69) is 9.97 Å². The van der Waals surface area contributed by atoms with Crippen LogP contribution in [0.25, 0.3) is 0 Å². The first-order chi connectivity index (χ1) is 8.88. The number of nitrogen functional groups attached to an aromatic ring is 1. The Balaban J connectivity index is 2.00. The van der Waals surface area contributed by atoms with Gasteiger partial charge in [0.2, 0.25) is 0 Å². The number of likely N-dealkylation sites (tertiary alicyclic amines) is 1. The molecule has 0 spiro atoms. The Morgan fingerprint density at radius 2 is 1.95 bits per heavy atom. The Morgan fingerprint density at radius 3 is 2.47 bits per heavy atom. The number of nitrogens with zero attached hydrogens (tertiary/aromatic N) is 3. The van der Waals surface area contributed by atoms with E-state index in [1.54, 1.807) is 0 Å². The summed E-state index contributed by atoms with van der Waals surface area (Å²) in [4.78, 5) is 20.9. The zero-order chi connectivity index (χ0) is 14.0. The number of nitrogens with two attached hydrogens (primary N) is 1. The third kappa shape index (κ3) is 3.12. The summed E-state index contributed by atoms with van der Waals surface area (Å²) in [5.41, 5.74) is 5.47. The Kier molecular flexibility index (Phi) is 3.59. The lowest BCUT2D eigenvalue weighted by molar-refractivity contribution is -0.183. The number of halogens is 3. The van der Waals surface area contributed by atoms with Gasteiger partial charge in [-0.3, -0.25) is 9.78 Å². The molecule has 1 aliphatic heterocycles. The molecule has 0 atom stereocenters. The third-order valence-corrected chi connectivity index (χ3v) is 3.12. The van der Waals surface area contributed by atoms with Crippen molar-refractivity contribution in [3.8, 4) is 0 Å². The van der Waals surface area contributed by atoms with Gasteiger partial charge in [0.25, 0.3) is 5.91 Å². The molecule has 2 heterocycles. The van der Waals surface area contributed by atoms with E-state index >= 15 is 0 Å². The van der Waals surface area contributed by atoms with Gasteiger partial charge in [-0.25, -0.2) is 4.98 Å². The van der Waals surface area contributed by atoms with E-state index < -0.39 is 18.0 Å². The highest BCUT2D eigenvalue weighted by Gasteiger charge is 2.41. The summed E-state index contributed by atoms with van der Waals surface area (Å²) in [7, 11) is 0. The van der Waals surface area contributed by atoms with Crippen molar-refractivity contribution in [1.29, 1.82) is 0 Å². The van der Waals surface area contributed by atoms with E-state index in [9.17, 15) is 18.0 Å². The fourth-order valence-corrected chi connectivity index (χ4v) is 2.06. The number of carbonyl (C=O) groups is 1. The van der Waals surface area contributed by atoms with Crippen LogP contribution in [0, 0.1) is 5.92 Å². The van der Waals surface area contributed by atoms with Crippen LogP contribution in [0.4, 0.5) is 19.0 Å². The third-order valence-electron chi connectivity index (χ3n) is 3.12. The van der Waals surface area contributed by atoms with Gasteiger partial charge < -0.3 is 10.6 Å². The predicted octanol–water partition coefficient (Wildman–Crippen LogP) is 1.47. The smallest absolute Gasteiger partial charge is 0.382 e. The molecule has 1 aliphatic rings. The standard InChI is InChI=1S/C11H13F3N4O/c12-11(13,14)7-1-3-18(4-2-7)10(19)8-5-16-6-9(15)17-8/h5-7H,1-4H2,(H2,15,17). The molecule has 1 fully saturated rings. The zero-order valence-corrected chi connectivity index (χ0v) is 10.0. The molecule has 1 saturated heterocycles. The molecule has 0 bridgehead atoms. The lowest BCUT2D eigenvalue weighted by Crippen LogP contribution is -2.42. The summed E-state index contributed by atoms with van der Waals surface area (Å²) in [6, 6.07) is 0. The average Bonchev–Trinajstić information content (AvgIpc) is 2.37. The largest absolute Gasteiger partial charge is 0.391 e. The van der Waals surface area contributed by atoms with Gasteiger partial charge in [0.05, 0.1) is 18.3 Å². The van der Waals surface area contributed by atoms with Crippen LogP contribution in [-0.2, 0) is 0 Å². The quantitative estimate of drug-likeness (QED) is 0.841. The van der Waals surface area contributed by atoms with Crippen LogP contribution >= 0.6 is 0 Å². The Bertz CT molecular complexity index is 469. The van der Waals surface area contributed by atoms with E-state index in [0.717, 1.165) is 0 Å². The number of hydrogen-bond donors (Lipinski definition) is 1. The van der Waals surface area contributed by atoms with Gasteiger partial charge in [-0.15, -0.1) is 0 Å². The molecule has 0 aliphatic carbocycles. The van der Waals surface area contributed by atoms with Crippen LogP contribution in [0.3, 0.4) is 0 Å². The monoisotopic (exact) mass is 274 g/mol. The number of rotatable bonds is 1. The van der Waals surface area contributed by atoms with Crippen LogP contribution in [0.5, 0.6) is 0 Å². The molecule has 19 heavy (non-hydrogen) atoms. The number of alkyl halides is 3. The summed E-state index contributed by atoms with van der Waals surface area (Å²) < 4.78 is 37.5. The van der Waals surface area contributed by atoms with Crippen molar-refractivity contribution in [3.63, 3.8) is 0 Å².